The van der Waals surface area contributed by atoms with Crippen molar-refractivity contribution in [1.29, 1.82) is 0 Å². The van der Waals surface area contributed by atoms with Crippen molar-refractivity contribution < 1.29 is 9.53 Å². The van der Waals surface area contributed by atoms with E-state index in [1.165, 1.54) is 15.8 Å². The number of carbonyl (C=O) groups excluding carboxylic acids is 1. The normalized spacial score (nSPS) is 14.5. The summed E-state index contributed by atoms with van der Waals surface area (Å²) in [7, 11) is 1.65. The fourth-order valence-electron chi connectivity index (χ4n) is 3.56. The maximum Gasteiger partial charge on any atom is 0.227 e. The molecule has 146 valence electrons. The zero-order chi connectivity index (χ0) is 19.7. The molecule has 0 atom stereocenters. The molecule has 0 aliphatic carbocycles. The molecule has 1 aliphatic heterocycles. The molecule has 0 unspecified atom stereocenters. The van der Waals surface area contributed by atoms with E-state index in [4.69, 9.17) is 9.72 Å². The Morgan fingerprint density at radius 3 is 2.36 bits per heavy atom. The number of aryl methyl sites for hydroxylation is 2. The van der Waals surface area contributed by atoms with E-state index in [1.807, 2.05) is 29.2 Å². The minimum absolute atomic E-state index is 0.181. The van der Waals surface area contributed by atoms with E-state index in [2.05, 4.69) is 30.9 Å². The highest BCUT2D eigenvalue weighted by Gasteiger charge is 2.23. The lowest BCUT2D eigenvalue weighted by molar-refractivity contribution is -0.130. The first kappa shape index (κ1) is 18.7. The summed E-state index contributed by atoms with van der Waals surface area (Å²) in [5.41, 5.74) is 4.62. The van der Waals surface area contributed by atoms with Crippen LogP contribution in [0, 0.1) is 13.8 Å². The Morgan fingerprint density at radius 1 is 1.04 bits per heavy atom. The van der Waals surface area contributed by atoms with Gasteiger partial charge in [-0.25, -0.2) is 4.98 Å². The number of ether oxygens (including phenoxy) is 1. The van der Waals surface area contributed by atoms with Gasteiger partial charge in [0, 0.05) is 26.2 Å². The van der Waals surface area contributed by atoms with Gasteiger partial charge in [0.1, 0.15) is 5.75 Å². The van der Waals surface area contributed by atoms with E-state index in [0.29, 0.717) is 6.42 Å². The molecular weight excluding hydrogens is 370 g/mol. The van der Waals surface area contributed by atoms with Crippen LogP contribution in [-0.2, 0) is 11.2 Å². The summed E-state index contributed by atoms with van der Waals surface area (Å²) < 4.78 is 6.45. The van der Waals surface area contributed by atoms with Gasteiger partial charge >= 0.3 is 0 Å². The van der Waals surface area contributed by atoms with Gasteiger partial charge < -0.3 is 14.5 Å². The highest BCUT2D eigenvalue weighted by atomic mass is 32.1. The summed E-state index contributed by atoms with van der Waals surface area (Å²) in [5, 5.41) is 1.06. The summed E-state index contributed by atoms with van der Waals surface area (Å²) in [6.07, 6.45) is 0.434. The molecule has 4 rings (SSSR count). The third kappa shape index (κ3) is 3.69. The number of amides is 1. The molecule has 1 fully saturated rings. The van der Waals surface area contributed by atoms with E-state index in [1.54, 1.807) is 18.4 Å². The molecule has 0 radical (unpaired) electrons. The van der Waals surface area contributed by atoms with Crippen LogP contribution in [-0.4, -0.2) is 49.1 Å². The highest BCUT2D eigenvalue weighted by molar-refractivity contribution is 7.22. The maximum absolute atomic E-state index is 12.7. The quantitative estimate of drug-likeness (QED) is 0.674. The number of anilines is 1. The number of nitrogens with zero attached hydrogens (tertiary/aromatic N) is 3. The number of methoxy groups -OCH3 is 1. The molecule has 1 saturated heterocycles. The van der Waals surface area contributed by atoms with Crippen LogP contribution in [0.1, 0.15) is 16.7 Å². The Morgan fingerprint density at radius 2 is 1.71 bits per heavy atom. The summed E-state index contributed by atoms with van der Waals surface area (Å²) in [6.45, 7) is 7.38. The first-order valence-corrected chi connectivity index (χ1v) is 10.4. The van der Waals surface area contributed by atoms with Crippen molar-refractivity contribution in [2.24, 2.45) is 0 Å². The summed E-state index contributed by atoms with van der Waals surface area (Å²) in [4.78, 5) is 21.8. The fraction of sp³-hybridized carbons (Fsp3) is 0.364. The molecule has 0 saturated carbocycles. The van der Waals surface area contributed by atoms with Gasteiger partial charge in [-0.3, -0.25) is 4.79 Å². The zero-order valence-corrected chi connectivity index (χ0v) is 17.4. The Kier molecular flexibility index (Phi) is 5.22. The average molecular weight is 396 g/mol. The number of thiazole rings is 1. The Hall–Kier alpha value is -2.60. The minimum atomic E-state index is 0.181. The van der Waals surface area contributed by atoms with Crippen molar-refractivity contribution in [2.45, 2.75) is 20.3 Å². The number of carbonyl (C=O) groups is 1. The molecule has 0 bridgehead atoms. The summed E-state index contributed by atoms with van der Waals surface area (Å²) >= 11 is 1.76. The Bertz CT molecular complexity index is 950. The van der Waals surface area contributed by atoms with Crippen LogP contribution in [0.2, 0.25) is 0 Å². The lowest BCUT2D eigenvalue weighted by atomic mass is 10.1. The third-order valence-corrected chi connectivity index (χ3v) is 6.60. The van der Waals surface area contributed by atoms with Crippen LogP contribution in [0.15, 0.2) is 36.4 Å². The number of hydrogen-bond acceptors (Lipinski definition) is 5. The standard InChI is InChI=1S/C22H25N3O2S/c1-15-4-5-16(2)21-20(15)23-22(28-21)25-12-10-24(11-13-25)19(26)14-17-6-8-18(27-3)9-7-17/h4-9H,10-14H2,1-3H3. The van der Waals surface area contributed by atoms with Gasteiger partial charge in [-0.05, 0) is 42.7 Å². The van der Waals surface area contributed by atoms with E-state index in [-0.39, 0.29) is 5.91 Å². The van der Waals surface area contributed by atoms with Crippen LogP contribution < -0.4 is 9.64 Å². The predicted molar refractivity (Wildman–Crippen MR) is 115 cm³/mol. The molecule has 1 aliphatic rings. The molecule has 5 nitrogen and oxygen atoms in total. The Labute approximate surface area is 169 Å². The van der Waals surface area contributed by atoms with E-state index < -0.39 is 0 Å². The summed E-state index contributed by atoms with van der Waals surface area (Å²) in [5.74, 6) is 0.993. The number of benzene rings is 2. The first-order valence-electron chi connectivity index (χ1n) is 9.57. The zero-order valence-electron chi connectivity index (χ0n) is 16.6. The van der Waals surface area contributed by atoms with Gasteiger partial charge in [0.05, 0.1) is 23.7 Å². The molecule has 1 aromatic heterocycles. The molecule has 28 heavy (non-hydrogen) atoms. The van der Waals surface area contributed by atoms with Crippen molar-refractivity contribution in [2.75, 3.05) is 38.2 Å². The lowest BCUT2D eigenvalue weighted by Gasteiger charge is -2.34. The molecule has 2 aromatic carbocycles. The monoisotopic (exact) mass is 395 g/mol. The topological polar surface area (TPSA) is 45.7 Å². The molecule has 3 aromatic rings. The molecule has 0 N–H and O–H groups in total. The van der Waals surface area contributed by atoms with Crippen molar-refractivity contribution in [3.05, 3.63) is 53.1 Å². The van der Waals surface area contributed by atoms with Gasteiger partial charge in [-0.2, -0.15) is 0 Å². The molecule has 6 heteroatoms. The van der Waals surface area contributed by atoms with E-state index in [9.17, 15) is 4.79 Å². The number of piperazine rings is 1. The van der Waals surface area contributed by atoms with Crippen molar-refractivity contribution in [1.82, 2.24) is 9.88 Å². The molecule has 2 heterocycles. The van der Waals surface area contributed by atoms with E-state index in [0.717, 1.165) is 48.1 Å². The van der Waals surface area contributed by atoms with Gasteiger partial charge in [-0.1, -0.05) is 35.6 Å². The van der Waals surface area contributed by atoms with Crippen molar-refractivity contribution in [3.63, 3.8) is 0 Å². The molecule has 0 spiro atoms. The average Bonchev–Trinajstić information content (AvgIpc) is 3.18. The lowest BCUT2D eigenvalue weighted by Crippen LogP contribution is -2.49. The molecular formula is C22H25N3O2S. The Balaban J connectivity index is 1.39. The first-order chi connectivity index (χ1) is 13.5. The number of aromatic nitrogens is 1. The van der Waals surface area contributed by atoms with Crippen LogP contribution in [0.5, 0.6) is 5.75 Å². The van der Waals surface area contributed by atoms with Gasteiger partial charge in [-0.15, -0.1) is 0 Å². The summed E-state index contributed by atoms with van der Waals surface area (Å²) in [6, 6.07) is 12.0. The third-order valence-electron chi connectivity index (χ3n) is 5.35. The smallest absolute Gasteiger partial charge is 0.227 e. The largest absolute Gasteiger partial charge is 0.497 e. The van der Waals surface area contributed by atoms with Crippen LogP contribution in [0.25, 0.3) is 10.2 Å². The highest BCUT2D eigenvalue weighted by Crippen LogP contribution is 2.33. The van der Waals surface area contributed by atoms with Gasteiger partial charge in [0.15, 0.2) is 5.13 Å². The fourth-order valence-corrected chi connectivity index (χ4v) is 4.72. The number of hydrogen-bond donors (Lipinski definition) is 0. The van der Waals surface area contributed by atoms with Crippen LogP contribution >= 0.6 is 11.3 Å². The second-order valence-electron chi connectivity index (χ2n) is 7.27. The maximum atomic E-state index is 12.7. The SMILES string of the molecule is COc1ccc(CC(=O)N2CCN(c3nc4c(C)ccc(C)c4s3)CC2)cc1. The van der Waals surface area contributed by atoms with E-state index >= 15 is 0 Å². The number of fused-ring (bicyclic) bond motifs is 1. The van der Waals surface area contributed by atoms with Crippen LogP contribution in [0.4, 0.5) is 5.13 Å². The van der Waals surface area contributed by atoms with Gasteiger partial charge in [0.25, 0.3) is 0 Å². The second kappa shape index (κ2) is 7.80. The van der Waals surface area contributed by atoms with Crippen molar-refractivity contribution in [3.8, 4) is 5.75 Å². The second-order valence-corrected chi connectivity index (χ2v) is 8.24. The minimum Gasteiger partial charge on any atom is -0.497 e. The number of rotatable bonds is 4. The van der Waals surface area contributed by atoms with Crippen LogP contribution in [0.3, 0.4) is 0 Å². The predicted octanol–water partition coefficient (Wildman–Crippen LogP) is 3.81. The molecule has 1 amide bonds. The van der Waals surface area contributed by atoms with Crippen molar-refractivity contribution >= 4 is 32.6 Å². The van der Waals surface area contributed by atoms with Gasteiger partial charge in [0.2, 0.25) is 5.91 Å².